The van der Waals surface area contributed by atoms with Crippen LogP contribution in [0, 0.1) is 0 Å². The summed E-state index contributed by atoms with van der Waals surface area (Å²) in [6, 6.07) is 3.60. The van der Waals surface area contributed by atoms with Gasteiger partial charge in [-0.3, -0.25) is 14.7 Å². The van der Waals surface area contributed by atoms with Gasteiger partial charge in [-0.25, -0.2) is 0 Å². The van der Waals surface area contributed by atoms with Crippen molar-refractivity contribution in [1.29, 1.82) is 0 Å². The first kappa shape index (κ1) is 13.0. The monoisotopic (exact) mass is 248 g/mol. The van der Waals surface area contributed by atoms with Crippen LogP contribution >= 0.6 is 0 Å². The first-order chi connectivity index (χ1) is 8.46. The Kier molecular flexibility index (Phi) is 3.63. The molecule has 0 radical (unpaired) electrons. The van der Waals surface area contributed by atoms with Gasteiger partial charge in [-0.1, -0.05) is 0 Å². The minimum Gasteiger partial charge on any atom is -0.366 e. The van der Waals surface area contributed by atoms with Gasteiger partial charge >= 0.3 is 0 Å². The van der Waals surface area contributed by atoms with E-state index in [-0.39, 0.29) is 5.54 Å². The molecule has 1 fully saturated rings. The van der Waals surface area contributed by atoms with E-state index in [1.807, 2.05) is 6.07 Å². The summed E-state index contributed by atoms with van der Waals surface area (Å²) in [5, 5.41) is 3.47. The van der Waals surface area contributed by atoms with Crippen molar-refractivity contribution in [3.05, 3.63) is 29.6 Å². The van der Waals surface area contributed by atoms with Crippen molar-refractivity contribution >= 4 is 5.91 Å². The van der Waals surface area contributed by atoms with Crippen LogP contribution in [0.1, 0.15) is 29.9 Å². The highest BCUT2D eigenvalue weighted by Gasteiger charge is 2.25. The molecule has 0 bridgehead atoms. The maximum absolute atomic E-state index is 11.0. The van der Waals surface area contributed by atoms with Crippen molar-refractivity contribution in [3.8, 4) is 0 Å². The normalized spacial score (nSPS) is 19.7. The van der Waals surface area contributed by atoms with Gasteiger partial charge in [0.1, 0.15) is 0 Å². The molecule has 98 valence electrons. The van der Waals surface area contributed by atoms with Crippen LogP contribution in [0.2, 0.25) is 0 Å². The molecule has 1 aromatic rings. The van der Waals surface area contributed by atoms with Gasteiger partial charge in [-0.05, 0) is 26.0 Å². The van der Waals surface area contributed by atoms with Gasteiger partial charge in [-0.2, -0.15) is 0 Å². The maximum atomic E-state index is 11.0. The molecule has 0 unspecified atom stereocenters. The Bertz CT molecular complexity index is 427. The minimum atomic E-state index is -0.433. The molecular weight excluding hydrogens is 228 g/mol. The molecule has 2 heterocycles. The third kappa shape index (κ3) is 3.27. The molecule has 0 atom stereocenters. The Morgan fingerprint density at radius 3 is 2.89 bits per heavy atom. The van der Waals surface area contributed by atoms with Crippen LogP contribution in [0.25, 0.3) is 0 Å². The average molecular weight is 248 g/mol. The first-order valence-electron chi connectivity index (χ1n) is 6.18. The third-order valence-electron chi connectivity index (χ3n) is 3.15. The number of primary amides is 1. The van der Waals surface area contributed by atoms with E-state index in [1.54, 1.807) is 12.3 Å². The Labute approximate surface area is 107 Å². The van der Waals surface area contributed by atoms with Crippen molar-refractivity contribution in [2.75, 3.05) is 19.6 Å². The van der Waals surface area contributed by atoms with E-state index >= 15 is 0 Å². The summed E-state index contributed by atoms with van der Waals surface area (Å²) in [7, 11) is 0. The van der Waals surface area contributed by atoms with Crippen LogP contribution in [0.5, 0.6) is 0 Å². The van der Waals surface area contributed by atoms with Crippen LogP contribution in [0.3, 0.4) is 0 Å². The zero-order chi connectivity index (χ0) is 13.2. The molecule has 1 aliphatic heterocycles. The number of nitrogens with one attached hydrogen (secondary N) is 1. The molecule has 1 amide bonds. The summed E-state index contributed by atoms with van der Waals surface area (Å²) in [5.41, 5.74) is 6.76. The van der Waals surface area contributed by atoms with E-state index in [9.17, 15) is 4.79 Å². The summed E-state index contributed by atoms with van der Waals surface area (Å²) in [6.45, 7) is 8.21. The number of hydrogen-bond donors (Lipinski definition) is 2. The molecule has 2 rings (SSSR count). The summed E-state index contributed by atoms with van der Waals surface area (Å²) in [4.78, 5) is 17.6. The van der Waals surface area contributed by atoms with Gasteiger partial charge in [-0.15, -0.1) is 0 Å². The first-order valence-corrected chi connectivity index (χ1v) is 6.18. The Balaban J connectivity index is 1.99. The number of piperazine rings is 1. The zero-order valence-corrected chi connectivity index (χ0v) is 10.9. The second-order valence-corrected chi connectivity index (χ2v) is 5.42. The standard InChI is InChI=1S/C13H20N4O/c1-13(2)9-17(6-5-16-13)8-11-4-3-10(7-15-11)12(14)18/h3-4,7,16H,5-6,8-9H2,1-2H3,(H2,14,18). The lowest BCUT2D eigenvalue weighted by Crippen LogP contribution is -2.56. The van der Waals surface area contributed by atoms with E-state index in [1.165, 1.54) is 0 Å². The van der Waals surface area contributed by atoms with Crippen molar-refractivity contribution < 1.29 is 4.79 Å². The molecule has 1 aromatic heterocycles. The molecular formula is C13H20N4O. The molecule has 3 N–H and O–H groups in total. The molecule has 0 spiro atoms. The number of nitrogens with zero attached hydrogens (tertiary/aromatic N) is 2. The molecule has 18 heavy (non-hydrogen) atoms. The van der Waals surface area contributed by atoms with Crippen molar-refractivity contribution in [3.63, 3.8) is 0 Å². The van der Waals surface area contributed by atoms with E-state index in [0.29, 0.717) is 5.56 Å². The van der Waals surface area contributed by atoms with Crippen LogP contribution in [0.4, 0.5) is 0 Å². The largest absolute Gasteiger partial charge is 0.366 e. The fourth-order valence-electron chi connectivity index (χ4n) is 2.27. The van der Waals surface area contributed by atoms with Crippen LogP contribution in [-0.2, 0) is 6.54 Å². The SMILES string of the molecule is CC1(C)CN(Cc2ccc(C(N)=O)cn2)CCN1. The van der Waals surface area contributed by atoms with Crippen LogP contribution < -0.4 is 11.1 Å². The number of aromatic nitrogens is 1. The fraction of sp³-hybridized carbons (Fsp3) is 0.538. The summed E-state index contributed by atoms with van der Waals surface area (Å²) >= 11 is 0. The molecule has 5 nitrogen and oxygen atoms in total. The highest BCUT2D eigenvalue weighted by Crippen LogP contribution is 2.12. The highest BCUT2D eigenvalue weighted by atomic mass is 16.1. The van der Waals surface area contributed by atoms with Crippen LogP contribution in [0.15, 0.2) is 18.3 Å². The number of carbonyl (C=O) groups excluding carboxylic acids is 1. The van der Waals surface area contributed by atoms with E-state index in [4.69, 9.17) is 5.73 Å². The summed E-state index contributed by atoms with van der Waals surface area (Å²) < 4.78 is 0. The third-order valence-corrected chi connectivity index (χ3v) is 3.15. The quantitative estimate of drug-likeness (QED) is 0.810. The minimum absolute atomic E-state index is 0.144. The van der Waals surface area contributed by atoms with Gasteiger partial charge in [0.15, 0.2) is 0 Å². The van der Waals surface area contributed by atoms with Crippen molar-refractivity contribution in [2.24, 2.45) is 5.73 Å². The van der Waals surface area contributed by atoms with Gasteiger partial charge < -0.3 is 11.1 Å². The van der Waals surface area contributed by atoms with E-state index in [2.05, 4.69) is 29.0 Å². The van der Waals surface area contributed by atoms with Gasteiger partial charge in [0.05, 0.1) is 11.3 Å². The molecule has 0 aliphatic carbocycles. The number of nitrogens with two attached hydrogens (primary N) is 1. The Hall–Kier alpha value is -1.46. The molecule has 0 saturated carbocycles. The topological polar surface area (TPSA) is 71.2 Å². The lowest BCUT2D eigenvalue weighted by molar-refractivity contribution is 0.1000. The van der Waals surface area contributed by atoms with E-state index in [0.717, 1.165) is 31.9 Å². The predicted molar refractivity (Wildman–Crippen MR) is 70.1 cm³/mol. The predicted octanol–water partition coefficient (Wildman–Crippen LogP) is 0.364. The van der Waals surface area contributed by atoms with E-state index < -0.39 is 5.91 Å². The second-order valence-electron chi connectivity index (χ2n) is 5.42. The average Bonchev–Trinajstić information content (AvgIpc) is 2.28. The number of pyridine rings is 1. The lowest BCUT2D eigenvalue weighted by atomic mass is 10.0. The molecule has 1 aliphatic rings. The zero-order valence-electron chi connectivity index (χ0n) is 10.9. The lowest BCUT2D eigenvalue weighted by Gasteiger charge is -2.38. The number of hydrogen-bond acceptors (Lipinski definition) is 4. The summed E-state index contributed by atoms with van der Waals surface area (Å²) in [6.07, 6.45) is 1.55. The Morgan fingerprint density at radius 2 is 2.33 bits per heavy atom. The molecule has 5 heteroatoms. The fourth-order valence-corrected chi connectivity index (χ4v) is 2.27. The number of carbonyl (C=O) groups is 1. The second kappa shape index (κ2) is 5.04. The number of rotatable bonds is 3. The van der Waals surface area contributed by atoms with Crippen LogP contribution in [-0.4, -0.2) is 41.0 Å². The number of amides is 1. The van der Waals surface area contributed by atoms with Gasteiger partial charge in [0, 0.05) is 37.9 Å². The van der Waals surface area contributed by atoms with Crippen molar-refractivity contribution in [2.45, 2.75) is 25.9 Å². The highest BCUT2D eigenvalue weighted by molar-refractivity contribution is 5.92. The summed E-state index contributed by atoms with van der Waals surface area (Å²) in [5.74, 6) is -0.433. The van der Waals surface area contributed by atoms with Gasteiger partial charge in [0.25, 0.3) is 0 Å². The van der Waals surface area contributed by atoms with Crippen molar-refractivity contribution in [1.82, 2.24) is 15.2 Å². The maximum Gasteiger partial charge on any atom is 0.250 e. The smallest absolute Gasteiger partial charge is 0.250 e. The Morgan fingerprint density at radius 1 is 1.56 bits per heavy atom. The molecule has 1 saturated heterocycles. The molecule has 0 aromatic carbocycles. The van der Waals surface area contributed by atoms with Gasteiger partial charge in [0.2, 0.25) is 5.91 Å².